The Morgan fingerprint density at radius 3 is 2.67 bits per heavy atom. The van der Waals surface area contributed by atoms with Gasteiger partial charge in [0.15, 0.2) is 11.6 Å². The summed E-state index contributed by atoms with van der Waals surface area (Å²) in [6.45, 7) is 7.67. The van der Waals surface area contributed by atoms with Crippen LogP contribution in [0.3, 0.4) is 0 Å². The topological polar surface area (TPSA) is 101 Å². The fourth-order valence-corrected chi connectivity index (χ4v) is 3.97. The number of hydrogen-bond acceptors (Lipinski definition) is 7. The van der Waals surface area contributed by atoms with E-state index in [-0.39, 0.29) is 17.3 Å². The molecule has 1 unspecified atom stereocenters. The average Bonchev–Trinajstić information content (AvgIpc) is 3.33. The first-order valence-electron chi connectivity index (χ1n) is 10.9. The van der Waals surface area contributed by atoms with Crippen molar-refractivity contribution in [2.75, 3.05) is 30.4 Å². The van der Waals surface area contributed by atoms with Crippen LogP contribution in [0.15, 0.2) is 18.3 Å². The summed E-state index contributed by atoms with van der Waals surface area (Å²) in [5.41, 5.74) is 1.02. The summed E-state index contributed by atoms with van der Waals surface area (Å²) in [4.78, 5) is 26.2. The number of aryl methyl sites for hydroxylation is 1. The molecule has 0 saturated carbocycles. The third-order valence-electron chi connectivity index (χ3n) is 5.96. The second-order valence-corrected chi connectivity index (χ2v) is 8.77. The van der Waals surface area contributed by atoms with E-state index in [1.165, 1.54) is 11.6 Å². The smallest absolute Gasteiger partial charge is 0.303 e. The van der Waals surface area contributed by atoms with Crippen molar-refractivity contribution >= 4 is 28.4 Å². The maximum Gasteiger partial charge on any atom is 0.303 e. The van der Waals surface area contributed by atoms with Crippen molar-refractivity contribution in [1.29, 1.82) is 0 Å². The number of hydrogen-bond donors (Lipinski definition) is 2. The first-order chi connectivity index (χ1) is 15.5. The lowest BCUT2D eigenvalue weighted by Crippen LogP contribution is -2.42. The Labute approximate surface area is 190 Å². The van der Waals surface area contributed by atoms with Crippen LogP contribution >= 0.6 is 0 Å². The first kappa shape index (κ1) is 23.0. The highest BCUT2D eigenvalue weighted by Gasteiger charge is 2.35. The number of alkyl halides is 2. The normalized spacial score (nSPS) is 18.8. The van der Waals surface area contributed by atoms with Crippen LogP contribution in [-0.2, 0) is 17.1 Å². The molecule has 33 heavy (non-hydrogen) atoms. The SMILES string of the molecule is CCc1cc(-n2nc(N3CCC(C)(NC)C3)c3cnc(NC(C)=O)cc32)nc(C(C)(F)F)n1. The van der Waals surface area contributed by atoms with E-state index < -0.39 is 11.7 Å². The summed E-state index contributed by atoms with van der Waals surface area (Å²) in [7, 11) is 1.93. The molecule has 3 aromatic rings. The Kier molecular flexibility index (Phi) is 5.77. The third-order valence-corrected chi connectivity index (χ3v) is 5.96. The number of amides is 1. The van der Waals surface area contributed by atoms with Crippen molar-refractivity contribution < 1.29 is 13.6 Å². The lowest BCUT2D eigenvalue weighted by Gasteiger charge is -2.24. The molecule has 0 bridgehead atoms. The van der Waals surface area contributed by atoms with Crippen LogP contribution in [0, 0.1) is 0 Å². The van der Waals surface area contributed by atoms with Gasteiger partial charge in [-0.3, -0.25) is 4.79 Å². The van der Waals surface area contributed by atoms with Gasteiger partial charge in [0.1, 0.15) is 5.82 Å². The minimum Gasteiger partial charge on any atom is -0.353 e. The maximum atomic E-state index is 14.1. The molecule has 176 valence electrons. The zero-order valence-corrected chi connectivity index (χ0v) is 19.4. The van der Waals surface area contributed by atoms with E-state index in [1.54, 1.807) is 18.3 Å². The van der Waals surface area contributed by atoms with Crippen LogP contribution in [0.4, 0.5) is 20.4 Å². The van der Waals surface area contributed by atoms with Crippen LogP contribution in [0.1, 0.15) is 45.6 Å². The zero-order chi connectivity index (χ0) is 24.0. The average molecular weight is 459 g/mol. The molecule has 3 aromatic heterocycles. The van der Waals surface area contributed by atoms with Crippen LogP contribution < -0.4 is 15.5 Å². The van der Waals surface area contributed by atoms with Gasteiger partial charge in [-0.05, 0) is 26.8 Å². The Balaban J connectivity index is 1.91. The predicted molar refractivity (Wildman–Crippen MR) is 122 cm³/mol. The number of halogens is 2. The largest absolute Gasteiger partial charge is 0.353 e. The van der Waals surface area contributed by atoms with Gasteiger partial charge >= 0.3 is 5.92 Å². The number of likely N-dealkylation sites (N-methyl/N-ethyl adjacent to an activating group) is 1. The summed E-state index contributed by atoms with van der Waals surface area (Å²) in [5, 5.41) is 11.5. The molecule has 1 aliphatic heterocycles. The van der Waals surface area contributed by atoms with Gasteiger partial charge in [-0.1, -0.05) is 6.92 Å². The summed E-state index contributed by atoms with van der Waals surface area (Å²) in [6, 6.07) is 3.34. The fourth-order valence-electron chi connectivity index (χ4n) is 3.97. The highest BCUT2D eigenvalue weighted by atomic mass is 19.3. The minimum atomic E-state index is -3.20. The van der Waals surface area contributed by atoms with Gasteiger partial charge in [0.25, 0.3) is 0 Å². The molecular formula is C22H28F2N8O. The number of carbonyl (C=O) groups excluding carboxylic acids is 1. The van der Waals surface area contributed by atoms with Crippen LogP contribution in [0.25, 0.3) is 16.7 Å². The summed E-state index contributed by atoms with van der Waals surface area (Å²) >= 11 is 0. The number of nitrogens with one attached hydrogen (secondary N) is 2. The second kappa shape index (κ2) is 8.29. The van der Waals surface area contributed by atoms with Gasteiger partial charge in [-0.15, -0.1) is 5.10 Å². The zero-order valence-electron chi connectivity index (χ0n) is 19.4. The molecule has 1 saturated heterocycles. The number of nitrogens with zero attached hydrogens (tertiary/aromatic N) is 6. The van der Waals surface area contributed by atoms with Gasteiger partial charge in [-0.2, -0.15) is 8.78 Å². The molecule has 1 atom stereocenters. The number of pyridine rings is 1. The molecule has 9 nitrogen and oxygen atoms in total. The predicted octanol–water partition coefficient (Wildman–Crippen LogP) is 3.03. The summed E-state index contributed by atoms with van der Waals surface area (Å²) < 4.78 is 29.8. The van der Waals surface area contributed by atoms with E-state index >= 15 is 0 Å². The van der Waals surface area contributed by atoms with Crippen molar-refractivity contribution in [3.8, 4) is 5.82 Å². The lowest BCUT2D eigenvalue weighted by molar-refractivity contribution is -0.114. The highest BCUT2D eigenvalue weighted by Crippen LogP contribution is 2.34. The van der Waals surface area contributed by atoms with Crippen molar-refractivity contribution in [3.05, 3.63) is 29.8 Å². The van der Waals surface area contributed by atoms with Crippen molar-refractivity contribution in [2.24, 2.45) is 0 Å². The maximum absolute atomic E-state index is 14.1. The molecule has 1 amide bonds. The van der Waals surface area contributed by atoms with E-state index in [9.17, 15) is 13.6 Å². The molecule has 1 aliphatic rings. The number of carbonyl (C=O) groups is 1. The molecule has 0 radical (unpaired) electrons. The Morgan fingerprint density at radius 1 is 1.30 bits per heavy atom. The van der Waals surface area contributed by atoms with Gasteiger partial charge in [0, 0.05) is 56.5 Å². The first-order valence-corrected chi connectivity index (χ1v) is 10.9. The van der Waals surface area contributed by atoms with E-state index in [0.29, 0.717) is 29.3 Å². The number of fused-ring (bicyclic) bond motifs is 1. The molecule has 4 heterocycles. The van der Waals surface area contributed by atoms with Crippen molar-refractivity contribution in [3.63, 3.8) is 0 Å². The van der Waals surface area contributed by atoms with Gasteiger partial charge in [0.2, 0.25) is 11.7 Å². The van der Waals surface area contributed by atoms with Gasteiger partial charge in [0.05, 0.1) is 10.9 Å². The Hall–Kier alpha value is -3.21. The summed E-state index contributed by atoms with van der Waals surface area (Å²) in [6.07, 6.45) is 3.04. The minimum absolute atomic E-state index is 0.0681. The van der Waals surface area contributed by atoms with E-state index in [0.717, 1.165) is 31.8 Å². The summed E-state index contributed by atoms with van der Waals surface area (Å²) in [5.74, 6) is -2.74. The Morgan fingerprint density at radius 2 is 2.06 bits per heavy atom. The monoisotopic (exact) mass is 458 g/mol. The lowest BCUT2D eigenvalue weighted by atomic mass is 10.0. The molecule has 4 rings (SSSR count). The molecule has 1 fully saturated rings. The molecule has 11 heteroatoms. The number of rotatable bonds is 6. The second-order valence-electron chi connectivity index (χ2n) is 8.77. The van der Waals surface area contributed by atoms with E-state index in [2.05, 4.69) is 37.4 Å². The van der Waals surface area contributed by atoms with Gasteiger partial charge in [-0.25, -0.2) is 19.6 Å². The molecule has 0 aliphatic carbocycles. The van der Waals surface area contributed by atoms with Crippen LogP contribution in [-0.4, -0.2) is 56.3 Å². The molecule has 0 aromatic carbocycles. The quantitative estimate of drug-likeness (QED) is 0.586. The molecule has 0 spiro atoms. The highest BCUT2D eigenvalue weighted by molar-refractivity contribution is 5.95. The number of aromatic nitrogens is 5. The third kappa shape index (κ3) is 4.50. The van der Waals surface area contributed by atoms with E-state index in [1.807, 2.05) is 14.0 Å². The van der Waals surface area contributed by atoms with Crippen LogP contribution in [0.5, 0.6) is 0 Å². The molecular weight excluding hydrogens is 430 g/mol. The van der Waals surface area contributed by atoms with Crippen molar-refractivity contribution in [2.45, 2.75) is 52.0 Å². The standard InChI is InChI=1S/C22H28F2N8O/c1-6-14-9-18(29-20(28-14)22(4,23)24)32-16-10-17(27-13(2)33)26-11-15(16)19(30-32)31-8-7-21(3,12-31)25-5/h9-11,25H,6-8,12H2,1-5H3,(H,26,27,33). The van der Waals surface area contributed by atoms with Crippen LogP contribution in [0.2, 0.25) is 0 Å². The Bertz CT molecular complexity index is 1210. The van der Waals surface area contributed by atoms with E-state index in [4.69, 9.17) is 5.10 Å². The van der Waals surface area contributed by atoms with Gasteiger partial charge < -0.3 is 15.5 Å². The fraction of sp³-hybridized carbons (Fsp3) is 0.500. The number of anilines is 2. The molecule has 2 N–H and O–H groups in total. The van der Waals surface area contributed by atoms with Crippen molar-refractivity contribution in [1.82, 2.24) is 30.0 Å².